The van der Waals surface area contributed by atoms with Crippen molar-refractivity contribution in [3.63, 3.8) is 0 Å². The largest absolute Gasteiger partial charge is 0.352 e. The first-order valence-electron chi connectivity index (χ1n) is 5.35. The van der Waals surface area contributed by atoms with E-state index in [1.165, 1.54) is 0 Å². The van der Waals surface area contributed by atoms with Crippen molar-refractivity contribution in [2.75, 3.05) is 6.54 Å². The maximum absolute atomic E-state index is 11.5. The molecule has 1 rings (SSSR count). The average Bonchev–Trinajstić information content (AvgIpc) is 2.28. The average molecular weight is 277 g/mol. The zero-order chi connectivity index (χ0) is 12.0. The van der Waals surface area contributed by atoms with E-state index in [2.05, 4.69) is 5.32 Å². The third-order valence-corrected chi connectivity index (χ3v) is 2.57. The van der Waals surface area contributed by atoms with Crippen LogP contribution >= 0.6 is 24.0 Å². The first-order valence-corrected chi connectivity index (χ1v) is 5.73. The second kappa shape index (κ2) is 8.34. The van der Waals surface area contributed by atoms with Gasteiger partial charge in [0.15, 0.2) is 0 Å². The van der Waals surface area contributed by atoms with Crippen LogP contribution in [0.5, 0.6) is 0 Å². The normalized spacial score (nSPS) is 11.5. The number of hydrogen-bond donors (Lipinski definition) is 2. The van der Waals surface area contributed by atoms with Gasteiger partial charge >= 0.3 is 0 Å². The van der Waals surface area contributed by atoms with Crippen molar-refractivity contribution in [1.82, 2.24) is 5.32 Å². The summed E-state index contributed by atoms with van der Waals surface area (Å²) in [6.45, 7) is 2.35. The first kappa shape index (κ1) is 16.2. The first-order chi connectivity index (χ1) is 7.61. The predicted molar refractivity (Wildman–Crippen MR) is 73.7 cm³/mol. The second-order valence-corrected chi connectivity index (χ2v) is 4.27. The van der Waals surface area contributed by atoms with Crippen LogP contribution in [0.2, 0.25) is 5.02 Å². The molecule has 0 aromatic heterocycles. The number of hydrogen-bond acceptors (Lipinski definition) is 2. The number of benzene rings is 1. The van der Waals surface area contributed by atoms with E-state index in [0.717, 1.165) is 12.0 Å². The third-order valence-electron chi connectivity index (χ3n) is 2.31. The predicted octanol–water partition coefficient (Wildman–Crippen LogP) is 2.16. The van der Waals surface area contributed by atoms with E-state index in [1.54, 1.807) is 0 Å². The number of aryl methyl sites for hydroxylation is 1. The lowest BCUT2D eigenvalue weighted by Gasteiger charge is -2.10. The molecule has 3 N–H and O–H groups in total. The molecule has 1 aromatic rings. The number of carbonyl (C=O) groups is 1. The SMILES string of the molecule is C[C@@H](CN)NC(=O)CCc1ccc(Cl)cc1.Cl. The van der Waals surface area contributed by atoms with Gasteiger partial charge in [0, 0.05) is 24.0 Å². The Hall–Kier alpha value is -0.770. The number of nitrogens with two attached hydrogens (primary N) is 1. The molecule has 1 atom stereocenters. The Morgan fingerprint density at radius 1 is 1.41 bits per heavy atom. The van der Waals surface area contributed by atoms with Gasteiger partial charge in [0.1, 0.15) is 0 Å². The molecule has 3 nitrogen and oxygen atoms in total. The monoisotopic (exact) mass is 276 g/mol. The van der Waals surface area contributed by atoms with Crippen molar-refractivity contribution >= 4 is 29.9 Å². The topological polar surface area (TPSA) is 55.1 Å². The van der Waals surface area contributed by atoms with Gasteiger partial charge in [-0.3, -0.25) is 4.79 Å². The molecule has 0 heterocycles. The Balaban J connectivity index is 0.00000256. The number of halogens is 2. The summed E-state index contributed by atoms with van der Waals surface area (Å²) in [6, 6.07) is 7.57. The summed E-state index contributed by atoms with van der Waals surface area (Å²) in [7, 11) is 0. The van der Waals surface area contributed by atoms with Crippen molar-refractivity contribution in [2.45, 2.75) is 25.8 Å². The molecule has 0 saturated carbocycles. The highest BCUT2D eigenvalue weighted by atomic mass is 35.5. The van der Waals surface area contributed by atoms with Crippen LogP contribution in [0, 0.1) is 0 Å². The molecular weight excluding hydrogens is 259 g/mol. The smallest absolute Gasteiger partial charge is 0.220 e. The molecule has 1 aromatic carbocycles. The van der Waals surface area contributed by atoms with Gasteiger partial charge in [0.25, 0.3) is 0 Å². The van der Waals surface area contributed by atoms with E-state index in [-0.39, 0.29) is 24.4 Å². The minimum absolute atomic E-state index is 0. The lowest BCUT2D eigenvalue weighted by atomic mass is 10.1. The van der Waals surface area contributed by atoms with Gasteiger partial charge in [-0.05, 0) is 31.0 Å². The summed E-state index contributed by atoms with van der Waals surface area (Å²) >= 11 is 5.77. The molecule has 0 radical (unpaired) electrons. The van der Waals surface area contributed by atoms with Crippen LogP contribution in [0.1, 0.15) is 18.9 Å². The molecule has 17 heavy (non-hydrogen) atoms. The molecule has 0 saturated heterocycles. The molecule has 96 valence electrons. The van der Waals surface area contributed by atoms with Crippen molar-refractivity contribution in [3.8, 4) is 0 Å². The molecule has 0 aliphatic carbocycles. The van der Waals surface area contributed by atoms with Crippen LogP contribution in [-0.2, 0) is 11.2 Å². The maximum atomic E-state index is 11.5. The summed E-state index contributed by atoms with van der Waals surface area (Å²) in [5.41, 5.74) is 6.53. The molecule has 0 unspecified atom stereocenters. The van der Waals surface area contributed by atoms with Gasteiger partial charge in [-0.2, -0.15) is 0 Å². The summed E-state index contributed by atoms with van der Waals surface area (Å²) in [5.74, 6) is 0.0351. The van der Waals surface area contributed by atoms with E-state index in [1.807, 2.05) is 31.2 Å². The van der Waals surface area contributed by atoms with Gasteiger partial charge < -0.3 is 11.1 Å². The quantitative estimate of drug-likeness (QED) is 0.866. The molecule has 0 spiro atoms. The minimum Gasteiger partial charge on any atom is -0.352 e. The summed E-state index contributed by atoms with van der Waals surface area (Å²) < 4.78 is 0. The third kappa shape index (κ3) is 6.51. The van der Waals surface area contributed by atoms with Gasteiger partial charge in [-0.1, -0.05) is 23.7 Å². The lowest BCUT2D eigenvalue weighted by molar-refractivity contribution is -0.121. The van der Waals surface area contributed by atoms with Gasteiger partial charge in [-0.15, -0.1) is 12.4 Å². The van der Waals surface area contributed by atoms with Crippen molar-refractivity contribution in [3.05, 3.63) is 34.9 Å². The molecule has 0 bridgehead atoms. The Morgan fingerprint density at radius 3 is 2.53 bits per heavy atom. The van der Waals surface area contributed by atoms with Gasteiger partial charge in [-0.25, -0.2) is 0 Å². The fourth-order valence-electron chi connectivity index (χ4n) is 1.31. The number of rotatable bonds is 5. The Morgan fingerprint density at radius 2 is 2.00 bits per heavy atom. The highest BCUT2D eigenvalue weighted by Crippen LogP contribution is 2.10. The Labute approximate surface area is 113 Å². The van der Waals surface area contributed by atoms with Crippen LogP contribution in [0.15, 0.2) is 24.3 Å². The van der Waals surface area contributed by atoms with Crippen LogP contribution in [-0.4, -0.2) is 18.5 Å². The zero-order valence-corrected chi connectivity index (χ0v) is 11.4. The molecular formula is C12H18Cl2N2O. The summed E-state index contributed by atoms with van der Waals surface area (Å²) in [6.07, 6.45) is 1.20. The molecule has 0 aliphatic heterocycles. The second-order valence-electron chi connectivity index (χ2n) is 3.83. The molecule has 0 aliphatic rings. The fraction of sp³-hybridized carbons (Fsp3) is 0.417. The number of nitrogens with one attached hydrogen (secondary N) is 1. The summed E-state index contributed by atoms with van der Waals surface area (Å²) in [4.78, 5) is 11.5. The van der Waals surface area contributed by atoms with Crippen LogP contribution in [0.25, 0.3) is 0 Å². The maximum Gasteiger partial charge on any atom is 0.220 e. The van der Waals surface area contributed by atoms with Gasteiger partial charge in [0.05, 0.1) is 0 Å². The van der Waals surface area contributed by atoms with Crippen LogP contribution in [0.3, 0.4) is 0 Å². The highest BCUT2D eigenvalue weighted by molar-refractivity contribution is 6.30. The number of amides is 1. The van der Waals surface area contributed by atoms with E-state index in [4.69, 9.17) is 17.3 Å². The summed E-state index contributed by atoms with van der Waals surface area (Å²) in [5, 5.41) is 3.53. The van der Waals surface area contributed by atoms with Crippen molar-refractivity contribution < 1.29 is 4.79 Å². The number of carbonyl (C=O) groups excluding carboxylic acids is 1. The van der Waals surface area contributed by atoms with Crippen LogP contribution < -0.4 is 11.1 Å². The molecule has 1 amide bonds. The Kier molecular flexibility index (Phi) is 7.96. The van der Waals surface area contributed by atoms with E-state index >= 15 is 0 Å². The standard InChI is InChI=1S/C12H17ClN2O.ClH/c1-9(8-14)15-12(16)7-4-10-2-5-11(13)6-3-10;/h2-3,5-6,9H,4,7-8,14H2,1H3,(H,15,16);1H/t9-;/m0./s1. The lowest BCUT2D eigenvalue weighted by Crippen LogP contribution is -2.37. The van der Waals surface area contributed by atoms with E-state index in [9.17, 15) is 4.79 Å². The Bertz CT molecular complexity index is 341. The van der Waals surface area contributed by atoms with E-state index < -0.39 is 0 Å². The van der Waals surface area contributed by atoms with Crippen molar-refractivity contribution in [2.24, 2.45) is 5.73 Å². The minimum atomic E-state index is 0. The van der Waals surface area contributed by atoms with Crippen molar-refractivity contribution in [1.29, 1.82) is 0 Å². The molecule has 0 fully saturated rings. The molecule has 5 heteroatoms. The van der Waals surface area contributed by atoms with E-state index in [0.29, 0.717) is 18.0 Å². The zero-order valence-electron chi connectivity index (χ0n) is 9.78. The fourth-order valence-corrected chi connectivity index (χ4v) is 1.44. The highest BCUT2D eigenvalue weighted by Gasteiger charge is 2.05. The van der Waals surface area contributed by atoms with Crippen LogP contribution in [0.4, 0.5) is 0 Å². The van der Waals surface area contributed by atoms with Gasteiger partial charge in [0.2, 0.25) is 5.91 Å².